The quantitative estimate of drug-likeness (QED) is 0.834. The van der Waals surface area contributed by atoms with Crippen LogP contribution in [0.1, 0.15) is 47.2 Å². The minimum absolute atomic E-state index is 0.0444. The highest BCUT2D eigenvalue weighted by Gasteiger charge is 2.20. The fourth-order valence-electron chi connectivity index (χ4n) is 2.45. The number of hydrogen-bond donors (Lipinski definition) is 2. The normalized spacial score (nSPS) is 12.9. The van der Waals surface area contributed by atoms with Gasteiger partial charge in [0.25, 0.3) is 5.91 Å². The predicted molar refractivity (Wildman–Crippen MR) is 88.9 cm³/mol. The molecule has 3 N–H and O–H groups in total. The van der Waals surface area contributed by atoms with E-state index in [1.54, 1.807) is 31.5 Å². The number of aryl methyl sites for hydroxylation is 2. The number of nitrogens with two attached hydrogens (primary N) is 1. The van der Waals surface area contributed by atoms with Crippen molar-refractivity contribution in [2.45, 2.75) is 45.2 Å². The van der Waals surface area contributed by atoms with Crippen molar-refractivity contribution in [2.75, 3.05) is 0 Å². The fourth-order valence-corrected chi connectivity index (χ4v) is 3.33. The van der Waals surface area contributed by atoms with E-state index in [9.17, 15) is 13.2 Å². The molecule has 0 saturated carbocycles. The van der Waals surface area contributed by atoms with E-state index >= 15 is 0 Å². The van der Waals surface area contributed by atoms with E-state index < -0.39 is 15.9 Å². The Balaban J connectivity index is 2.32. The average Bonchev–Trinajstić information content (AvgIpc) is 2.97. The first-order valence-electron chi connectivity index (χ1n) is 7.47. The molecule has 0 spiro atoms. The third-order valence-electron chi connectivity index (χ3n) is 3.87. The molecule has 1 aromatic carbocycles. The van der Waals surface area contributed by atoms with E-state index in [0.717, 1.165) is 0 Å². The van der Waals surface area contributed by atoms with Gasteiger partial charge in [-0.15, -0.1) is 0 Å². The largest absolute Gasteiger partial charge is 0.342 e. The van der Waals surface area contributed by atoms with E-state index in [1.807, 2.05) is 6.92 Å². The third-order valence-corrected chi connectivity index (χ3v) is 4.91. The number of nitrogens with one attached hydrogen (secondary N) is 1. The molecule has 0 bridgehead atoms. The molecule has 9 heteroatoms. The van der Waals surface area contributed by atoms with Gasteiger partial charge >= 0.3 is 0 Å². The van der Waals surface area contributed by atoms with E-state index in [0.29, 0.717) is 23.5 Å². The number of carbonyl (C=O) groups excluding carboxylic acids is 1. The van der Waals surface area contributed by atoms with Gasteiger partial charge in [0.2, 0.25) is 10.0 Å². The van der Waals surface area contributed by atoms with E-state index in [1.165, 1.54) is 12.4 Å². The zero-order valence-corrected chi connectivity index (χ0v) is 14.9. The van der Waals surface area contributed by atoms with Gasteiger partial charge in [-0.25, -0.2) is 23.2 Å². The number of carbonyl (C=O) groups is 1. The molecule has 24 heavy (non-hydrogen) atoms. The monoisotopic (exact) mass is 351 g/mol. The first kappa shape index (κ1) is 18.1. The second-order valence-corrected chi connectivity index (χ2v) is 7.12. The van der Waals surface area contributed by atoms with Crippen LogP contribution in [0.2, 0.25) is 0 Å². The van der Waals surface area contributed by atoms with Crippen molar-refractivity contribution >= 4 is 15.9 Å². The molecule has 1 heterocycles. The van der Waals surface area contributed by atoms with Gasteiger partial charge in [-0.2, -0.15) is 5.10 Å². The number of sulfonamides is 1. The first-order valence-corrected chi connectivity index (χ1v) is 9.02. The molecule has 1 atom stereocenters. The summed E-state index contributed by atoms with van der Waals surface area (Å²) < 4.78 is 25.1. The van der Waals surface area contributed by atoms with Gasteiger partial charge in [0, 0.05) is 12.1 Å². The Labute approximate surface area is 141 Å². The summed E-state index contributed by atoms with van der Waals surface area (Å²) in [7, 11) is -3.90. The van der Waals surface area contributed by atoms with Crippen molar-refractivity contribution in [1.82, 2.24) is 20.1 Å². The summed E-state index contributed by atoms with van der Waals surface area (Å²) in [5.74, 6) is 0.225. The number of benzene rings is 1. The van der Waals surface area contributed by atoms with Crippen molar-refractivity contribution in [3.05, 3.63) is 41.0 Å². The van der Waals surface area contributed by atoms with Crippen LogP contribution in [0.15, 0.2) is 23.4 Å². The average molecular weight is 351 g/mol. The van der Waals surface area contributed by atoms with Gasteiger partial charge in [0.15, 0.2) is 0 Å². The molecule has 1 aromatic heterocycles. The number of aromatic nitrogens is 3. The molecule has 2 aromatic rings. The Kier molecular flexibility index (Phi) is 5.05. The maximum absolute atomic E-state index is 12.5. The van der Waals surface area contributed by atoms with Gasteiger partial charge in [-0.3, -0.25) is 4.79 Å². The second-order valence-electron chi connectivity index (χ2n) is 5.59. The lowest BCUT2D eigenvalue weighted by Gasteiger charge is -2.15. The lowest BCUT2D eigenvalue weighted by molar-refractivity contribution is 0.0937. The smallest absolute Gasteiger partial charge is 0.251 e. The lowest BCUT2D eigenvalue weighted by Crippen LogP contribution is -2.29. The maximum Gasteiger partial charge on any atom is 0.251 e. The van der Waals surface area contributed by atoms with Gasteiger partial charge < -0.3 is 5.32 Å². The molecule has 8 nitrogen and oxygen atoms in total. The van der Waals surface area contributed by atoms with Gasteiger partial charge in [0.05, 0.1) is 10.9 Å². The lowest BCUT2D eigenvalue weighted by atomic mass is 10.1. The van der Waals surface area contributed by atoms with Crippen molar-refractivity contribution in [3.8, 4) is 0 Å². The van der Waals surface area contributed by atoms with Gasteiger partial charge in [-0.1, -0.05) is 0 Å². The SMILES string of the molecule is CCn1ncnc1C(C)NC(=O)c1cc(C)c(C)c(S(N)(=O)=O)c1. The Morgan fingerprint density at radius 1 is 1.38 bits per heavy atom. The molecule has 0 aliphatic heterocycles. The number of rotatable bonds is 5. The predicted octanol–water partition coefficient (Wildman–Crippen LogP) is 1.05. The van der Waals surface area contributed by atoms with E-state index in [-0.39, 0.29) is 16.5 Å². The van der Waals surface area contributed by atoms with Crippen LogP contribution >= 0.6 is 0 Å². The first-order chi connectivity index (χ1) is 11.1. The minimum atomic E-state index is -3.90. The van der Waals surface area contributed by atoms with Crippen molar-refractivity contribution < 1.29 is 13.2 Å². The van der Waals surface area contributed by atoms with Crippen LogP contribution in [0.25, 0.3) is 0 Å². The van der Waals surface area contributed by atoms with Crippen LogP contribution in [0.3, 0.4) is 0 Å². The number of amides is 1. The summed E-state index contributed by atoms with van der Waals surface area (Å²) in [6, 6.07) is 2.56. The fraction of sp³-hybridized carbons (Fsp3) is 0.400. The van der Waals surface area contributed by atoms with Gasteiger partial charge in [0.1, 0.15) is 12.2 Å². The Bertz CT molecular complexity index is 873. The van der Waals surface area contributed by atoms with E-state index in [2.05, 4.69) is 15.4 Å². The highest BCUT2D eigenvalue weighted by Crippen LogP contribution is 2.20. The van der Waals surface area contributed by atoms with Crippen LogP contribution in [0.5, 0.6) is 0 Å². The van der Waals surface area contributed by atoms with E-state index in [4.69, 9.17) is 5.14 Å². The zero-order valence-electron chi connectivity index (χ0n) is 14.1. The Hall–Kier alpha value is -2.26. The number of hydrogen-bond acceptors (Lipinski definition) is 5. The molecule has 0 radical (unpaired) electrons. The van der Waals surface area contributed by atoms with Gasteiger partial charge in [-0.05, 0) is 51.0 Å². The second kappa shape index (κ2) is 6.70. The van der Waals surface area contributed by atoms with Crippen molar-refractivity contribution in [3.63, 3.8) is 0 Å². The summed E-state index contributed by atoms with van der Waals surface area (Å²) in [4.78, 5) is 16.6. The van der Waals surface area contributed by atoms with Crippen LogP contribution < -0.4 is 10.5 Å². The zero-order chi connectivity index (χ0) is 18.1. The molecular weight excluding hydrogens is 330 g/mol. The molecule has 0 fully saturated rings. The van der Waals surface area contributed by atoms with Crippen LogP contribution in [0, 0.1) is 13.8 Å². The molecule has 0 aliphatic carbocycles. The topological polar surface area (TPSA) is 120 Å². The summed E-state index contributed by atoms with van der Waals surface area (Å²) in [5.41, 5.74) is 1.44. The van der Waals surface area contributed by atoms with Crippen LogP contribution in [0.4, 0.5) is 0 Å². The minimum Gasteiger partial charge on any atom is -0.342 e. The Morgan fingerprint density at radius 3 is 2.62 bits per heavy atom. The highest BCUT2D eigenvalue weighted by molar-refractivity contribution is 7.89. The van der Waals surface area contributed by atoms with Crippen LogP contribution in [-0.2, 0) is 16.6 Å². The molecule has 2 rings (SSSR count). The summed E-state index contributed by atoms with van der Waals surface area (Å²) >= 11 is 0. The molecule has 1 amide bonds. The molecule has 1 unspecified atom stereocenters. The standard InChI is InChI=1S/C15H21N5O3S/c1-5-20-14(17-8-18-20)11(4)19-15(21)12-6-9(2)10(3)13(7-12)24(16,22)23/h6-8,11H,5H2,1-4H3,(H,19,21)(H2,16,22,23). The van der Waals surface area contributed by atoms with Crippen molar-refractivity contribution in [2.24, 2.45) is 5.14 Å². The summed E-state index contributed by atoms with van der Waals surface area (Å²) in [6.07, 6.45) is 1.43. The number of nitrogens with zero attached hydrogens (tertiary/aromatic N) is 3. The van der Waals surface area contributed by atoms with Crippen molar-refractivity contribution in [1.29, 1.82) is 0 Å². The molecule has 0 saturated heterocycles. The maximum atomic E-state index is 12.5. The molecule has 130 valence electrons. The molecule has 0 aliphatic rings. The molecular formula is C15H21N5O3S. The number of primary sulfonamides is 1. The van der Waals surface area contributed by atoms with Crippen LogP contribution in [-0.4, -0.2) is 29.1 Å². The highest BCUT2D eigenvalue weighted by atomic mass is 32.2. The summed E-state index contributed by atoms with van der Waals surface area (Å²) in [6.45, 7) is 7.74. The summed E-state index contributed by atoms with van der Waals surface area (Å²) in [5, 5.41) is 12.1. The third kappa shape index (κ3) is 3.62. The Morgan fingerprint density at radius 2 is 2.04 bits per heavy atom.